The second-order valence-electron chi connectivity index (χ2n) is 5.87. The summed E-state index contributed by atoms with van der Waals surface area (Å²) < 4.78 is 5.21. The number of nitrogens with one attached hydrogen (secondary N) is 1. The van der Waals surface area contributed by atoms with Crippen LogP contribution in [0.2, 0.25) is 0 Å². The van der Waals surface area contributed by atoms with E-state index in [2.05, 4.69) is 42.6 Å². The maximum atomic E-state index is 5.21. The fourth-order valence-corrected chi connectivity index (χ4v) is 3.09. The van der Waals surface area contributed by atoms with E-state index in [0.29, 0.717) is 6.04 Å². The van der Waals surface area contributed by atoms with Gasteiger partial charge in [0.15, 0.2) is 0 Å². The van der Waals surface area contributed by atoms with Crippen LogP contribution in [-0.2, 0) is 11.3 Å². The van der Waals surface area contributed by atoms with E-state index in [1.54, 1.807) is 12.0 Å². The molecule has 0 aromatic heterocycles. The van der Waals surface area contributed by atoms with Crippen LogP contribution < -0.4 is 10.2 Å². The molecule has 0 spiro atoms. The van der Waals surface area contributed by atoms with Gasteiger partial charge in [0, 0.05) is 25.5 Å². The summed E-state index contributed by atoms with van der Waals surface area (Å²) in [5.74, 6) is 0. The van der Waals surface area contributed by atoms with Gasteiger partial charge in [-0.15, -0.1) is 0 Å². The predicted molar refractivity (Wildman–Crippen MR) is 77.1 cm³/mol. The lowest BCUT2D eigenvalue weighted by atomic mass is 10.0. The zero-order valence-corrected chi connectivity index (χ0v) is 12.3. The number of rotatable bonds is 6. The van der Waals surface area contributed by atoms with E-state index < -0.39 is 0 Å². The van der Waals surface area contributed by atoms with Crippen LogP contribution in [0.1, 0.15) is 25.3 Å². The lowest BCUT2D eigenvalue weighted by molar-refractivity contribution is -0.927. The van der Waals surface area contributed by atoms with Gasteiger partial charge in [0.2, 0.25) is 0 Å². The molecule has 0 amide bonds. The molecular weight excluding hydrogens is 236 g/mol. The van der Waals surface area contributed by atoms with Gasteiger partial charge in [-0.25, -0.2) is 0 Å². The van der Waals surface area contributed by atoms with Gasteiger partial charge in [0.05, 0.1) is 25.7 Å². The van der Waals surface area contributed by atoms with Crippen LogP contribution in [0.15, 0.2) is 30.3 Å². The van der Waals surface area contributed by atoms with Crippen molar-refractivity contribution in [3.05, 3.63) is 35.9 Å². The predicted octanol–water partition coefficient (Wildman–Crippen LogP) is -0.168. The minimum absolute atomic E-state index is 0.589. The van der Waals surface area contributed by atoms with Crippen LogP contribution in [0.3, 0.4) is 0 Å². The van der Waals surface area contributed by atoms with Crippen molar-refractivity contribution < 1.29 is 15.0 Å². The average Bonchev–Trinajstić information content (AvgIpc) is 2.42. The minimum Gasteiger partial charge on any atom is -0.379 e. The Labute approximate surface area is 116 Å². The van der Waals surface area contributed by atoms with Crippen molar-refractivity contribution in [3.63, 3.8) is 0 Å². The monoisotopic (exact) mass is 264 g/mol. The largest absolute Gasteiger partial charge is 0.379 e. The van der Waals surface area contributed by atoms with Gasteiger partial charge in [-0.3, -0.25) is 0 Å². The Kier molecular flexibility index (Phi) is 5.83. The molecule has 1 aromatic rings. The van der Waals surface area contributed by atoms with Crippen LogP contribution >= 0.6 is 0 Å². The molecular formula is C16H28N2O+2. The number of benzene rings is 1. The van der Waals surface area contributed by atoms with E-state index in [1.807, 2.05) is 0 Å². The first-order chi connectivity index (χ1) is 9.28. The van der Waals surface area contributed by atoms with E-state index >= 15 is 0 Å². The van der Waals surface area contributed by atoms with E-state index in [1.165, 1.54) is 38.0 Å². The van der Waals surface area contributed by atoms with Crippen molar-refractivity contribution in [1.29, 1.82) is 0 Å². The zero-order chi connectivity index (χ0) is 13.5. The van der Waals surface area contributed by atoms with Crippen molar-refractivity contribution in [2.45, 2.75) is 38.4 Å². The van der Waals surface area contributed by atoms with Crippen LogP contribution in [0.25, 0.3) is 0 Å². The molecule has 0 saturated carbocycles. The van der Waals surface area contributed by atoms with Crippen molar-refractivity contribution >= 4 is 0 Å². The highest BCUT2D eigenvalue weighted by atomic mass is 16.5. The molecule has 1 aliphatic heterocycles. The van der Waals surface area contributed by atoms with E-state index in [-0.39, 0.29) is 0 Å². The maximum absolute atomic E-state index is 5.21. The third-order valence-electron chi connectivity index (χ3n) is 4.06. The number of likely N-dealkylation sites (tertiary alicyclic amines) is 1. The first-order valence-electron chi connectivity index (χ1n) is 7.49. The quantitative estimate of drug-likeness (QED) is 0.734. The SMILES string of the molecule is COC[C@H](C)[NH2+]C1CC[NH+](Cc2ccccc2)CC1. The van der Waals surface area contributed by atoms with E-state index in [0.717, 1.165) is 12.6 Å². The second-order valence-corrected chi connectivity index (χ2v) is 5.87. The molecule has 0 radical (unpaired) electrons. The minimum atomic E-state index is 0.589. The van der Waals surface area contributed by atoms with E-state index in [9.17, 15) is 0 Å². The molecule has 1 atom stereocenters. The second kappa shape index (κ2) is 7.63. The fraction of sp³-hybridized carbons (Fsp3) is 0.625. The summed E-state index contributed by atoms with van der Waals surface area (Å²) in [5.41, 5.74) is 1.47. The van der Waals surface area contributed by atoms with Gasteiger partial charge in [0.1, 0.15) is 12.6 Å². The molecule has 3 N–H and O–H groups in total. The van der Waals surface area contributed by atoms with Crippen molar-refractivity contribution in [3.8, 4) is 0 Å². The van der Waals surface area contributed by atoms with Crippen LogP contribution in [0.4, 0.5) is 0 Å². The zero-order valence-electron chi connectivity index (χ0n) is 12.3. The van der Waals surface area contributed by atoms with Gasteiger partial charge in [-0.05, 0) is 6.92 Å². The number of piperidine rings is 1. The first kappa shape index (κ1) is 14.5. The summed E-state index contributed by atoms with van der Waals surface area (Å²) in [6, 6.07) is 12.2. The molecule has 1 aromatic carbocycles. The molecule has 106 valence electrons. The normalized spacial score (nSPS) is 25.2. The summed E-state index contributed by atoms with van der Waals surface area (Å²) in [6.45, 7) is 6.90. The van der Waals surface area contributed by atoms with Crippen LogP contribution in [0, 0.1) is 0 Å². The van der Waals surface area contributed by atoms with Gasteiger partial charge in [0.25, 0.3) is 0 Å². The summed E-state index contributed by atoms with van der Waals surface area (Å²) >= 11 is 0. The lowest BCUT2D eigenvalue weighted by Crippen LogP contribution is -3.14. The number of hydrogen-bond donors (Lipinski definition) is 2. The number of quaternary nitrogens is 2. The molecule has 3 heteroatoms. The summed E-state index contributed by atoms with van der Waals surface area (Å²) in [4.78, 5) is 1.73. The van der Waals surface area contributed by atoms with E-state index in [4.69, 9.17) is 4.74 Å². The smallest absolute Gasteiger partial charge is 0.107 e. The Morgan fingerprint density at radius 1 is 1.26 bits per heavy atom. The molecule has 3 nitrogen and oxygen atoms in total. The molecule has 1 saturated heterocycles. The van der Waals surface area contributed by atoms with Crippen molar-refractivity contribution in [2.75, 3.05) is 26.8 Å². The molecule has 1 fully saturated rings. The van der Waals surface area contributed by atoms with Gasteiger partial charge >= 0.3 is 0 Å². The first-order valence-corrected chi connectivity index (χ1v) is 7.49. The highest BCUT2D eigenvalue weighted by molar-refractivity contribution is 5.13. The standard InChI is InChI=1S/C16H26N2O/c1-14(13-19-2)17-16-8-10-18(11-9-16)12-15-6-4-3-5-7-15/h3-7,14,16-17H,8-13H2,1-2H3/p+2/t14-/m0/s1. The Hall–Kier alpha value is -0.900. The highest BCUT2D eigenvalue weighted by Crippen LogP contribution is 1.99. The highest BCUT2D eigenvalue weighted by Gasteiger charge is 2.25. The average molecular weight is 264 g/mol. The third-order valence-corrected chi connectivity index (χ3v) is 4.06. The third kappa shape index (κ3) is 4.94. The van der Waals surface area contributed by atoms with Gasteiger partial charge < -0.3 is 15.0 Å². The number of ether oxygens (including phenoxy) is 1. The molecule has 0 unspecified atom stereocenters. The van der Waals surface area contributed by atoms with Crippen molar-refractivity contribution in [2.24, 2.45) is 0 Å². The number of nitrogens with two attached hydrogens (primary N) is 1. The maximum Gasteiger partial charge on any atom is 0.107 e. The Morgan fingerprint density at radius 2 is 1.95 bits per heavy atom. The number of methoxy groups -OCH3 is 1. The van der Waals surface area contributed by atoms with Gasteiger partial charge in [-0.1, -0.05) is 30.3 Å². The Morgan fingerprint density at radius 3 is 2.58 bits per heavy atom. The molecule has 0 bridgehead atoms. The Balaban J connectivity index is 1.70. The molecule has 2 rings (SSSR count). The van der Waals surface area contributed by atoms with Gasteiger partial charge in [-0.2, -0.15) is 0 Å². The summed E-state index contributed by atoms with van der Waals surface area (Å²) in [7, 11) is 1.79. The topological polar surface area (TPSA) is 30.3 Å². The lowest BCUT2D eigenvalue weighted by Gasteiger charge is -2.29. The molecule has 1 aliphatic rings. The molecule has 0 aliphatic carbocycles. The molecule has 1 heterocycles. The molecule has 19 heavy (non-hydrogen) atoms. The summed E-state index contributed by atoms with van der Waals surface area (Å²) in [6.07, 6.45) is 2.66. The fourth-order valence-electron chi connectivity index (χ4n) is 3.09. The summed E-state index contributed by atoms with van der Waals surface area (Å²) in [5, 5.41) is 2.50. The van der Waals surface area contributed by atoms with Crippen LogP contribution in [0.5, 0.6) is 0 Å². The van der Waals surface area contributed by atoms with Crippen LogP contribution in [-0.4, -0.2) is 38.9 Å². The van der Waals surface area contributed by atoms with Crippen molar-refractivity contribution in [1.82, 2.24) is 0 Å². The Bertz CT molecular complexity index is 347. The number of hydrogen-bond acceptors (Lipinski definition) is 1.